The molecule has 0 spiro atoms. The third kappa shape index (κ3) is 2.67. The Bertz CT molecular complexity index is 420. The first kappa shape index (κ1) is 11.7. The van der Waals surface area contributed by atoms with E-state index in [0.717, 1.165) is 5.75 Å². The molecular formula is C13H15NS2. The highest BCUT2D eigenvalue weighted by Crippen LogP contribution is 2.24. The predicted molar refractivity (Wildman–Crippen MR) is 73.2 cm³/mol. The number of rotatable bonds is 4. The summed E-state index contributed by atoms with van der Waals surface area (Å²) < 4.78 is 0. The molecule has 0 aliphatic carbocycles. The van der Waals surface area contributed by atoms with Crippen LogP contribution in [0.2, 0.25) is 0 Å². The lowest BCUT2D eigenvalue weighted by Crippen LogP contribution is -2.10. The Hall–Kier alpha value is -0.770. The molecule has 0 aliphatic rings. The molecule has 0 saturated heterocycles. The standard InChI is InChI=1S/C13H15NS2/c1-2-16-12-5-3-10(4-6-12)13(14)11-7-8-15-9-11/h3-9,13H,2,14H2,1H3. The molecule has 2 aromatic rings. The van der Waals surface area contributed by atoms with Gasteiger partial charge in [-0.1, -0.05) is 19.1 Å². The molecule has 1 nitrogen and oxygen atoms in total. The van der Waals surface area contributed by atoms with Crippen LogP contribution in [-0.4, -0.2) is 5.75 Å². The van der Waals surface area contributed by atoms with Crippen molar-refractivity contribution < 1.29 is 0 Å². The van der Waals surface area contributed by atoms with Crippen molar-refractivity contribution in [2.24, 2.45) is 5.73 Å². The van der Waals surface area contributed by atoms with Crippen molar-refractivity contribution in [1.29, 1.82) is 0 Å². The van der Waals surface area contributed by atoms with E-state index in [1.54, 1.807) is 11.3 Å². The molecule has 0 bridgehead atoms. The average Bonchev–Trinajstić information content (AvgIpc) is 2.83. The zero-order chi connectivity index (χ0) is 11.4. The molecule has 1 heterocycles. The maximum Gasteiger partial charge on any atom is 0.0559 e. The first-order chi connectivity index (χ1) is 7.81. The van der Waals surface area contributed by atoms with Crippen molar-refractivity contribution in [1.82, 2.24) is 0 Å². The normalized spacial score (nSPS) is 12.6. The molecule has 2 rings (SSSR count). The number of thioether (sulfide) groups is 1. The maximum atomic E-state index is 6.18. The van der Waals surface area contributed by atoms with Gasteiger partial charge in [0.25, 0.3) is 0 Å². The van der Waals surface area contributed by atoms with Gasteiger partial charge in [0.15, 0.2) is 0 Å². The smallest absolute Gasteiger partial charge is 0.0559 e. The molecule has 2 N–H and O–H groups in total. The van der Waals surface area contributed by atoms with Gasteiger partial charge in [-0.05, 0) is 45.8 Å². The van der Waals surface area contributed by atoms with Crippen molar-refractivity contribution in [2.75, 3.05) is 5.75 Å². The summed E-state index contributed by atoms with van der Waals surface area (Å²) in [4.78, 5) is 1.31. The van der Waals surface area contributed by atoms with Gasteiger partial charge in [0.2, 0.25) is 0 Å². The highest BCUT2D eigenvalue weighted by atomic mass is 32.2. The van der Waals surface area contributed by atoms with Crippen LogP contribution in [0.4, 0.5) is 0 Å². The Kier molecular flexibility index (Phi) is 4.04. The van der Waals surface area contributed by atoms with Crippen molar-refractivity contribution in [2.45, 2.75) is 17.9 Å². The third-order valence-electron chi connectivity index (χ3n) is 2.45. The quantitative estimate of drug-likeness (QED) is 0.831. The molecular weight excluding hydrogens is 234 g/mol. The maximum absolute atomic E-state index is 6.18. The largest absolute Gasteiger partial charge is 0.320 e. The Morgan fingerprint density at radius 1 is 1.19 bits per heavy atom. The van der Waals surface area contributed by atoms with Crippen LogP contribution in [0.3, 0.4) is 0 Å². The van der Waals surface area contributed by atoms with Crippen molar-refractivity contribution in [3.05, 3.63) is 52.2 Å². The second kappa shape index (κ2) is 5.53. The molecule has 1 aromatic heterocycles. The van der Waals surface area contributed by atoms with Crippen LogP contribution in [-0.2, 0) is 0 Å². The predicted octanol–water partition coefficient (Wildman–Crippen LogP) is 3.91. The fraction of sp³-hybridized carbons (Fsp3) is 0.231. The molecule has 84 valence electrons. The summed E-state index contributed by atoms with van der Waals surface area (Å²) in [6.07, 6.45) is 0. The van der Waals surface area contributed by atoms with E-state index < -0.39 is 0 Å². The van der Waals surface area contributed by atoms with Gasteiger partial charge in [-0.15, -0.1) is 11.8 Å². The van der Waals surface area contributed by atoms with Crippen LogP contribution in [0, 0.1) is 0 Å². The van der Waals surface area contributed by atoms with Gasteiger partial charge in [-0.3, -0.25) is 0 Å². The summed E-state index contributed by atoms with van der Waals surface area (Å²) in [5.74, 6) is 1.11. The van der Waals surface area contributed by atoms with E-state index in [2.05, 4.69) is 48.0 Å². The molecule has 1 aromatic carbocycles. The van der Waals surface area contributed by atoms with E-state index in [1.165, 1.54) is 16.0 Å². The number of hydrogen-bond donors (Lipinski definition) is 1. The van der Waals surface area contributed by atoms with E-state index in [-0.39, 0.29) is 6.04 Å². The second-order valence-corrected chi connectivity index (χ2v) is 5.65. The number of benzene rings is 1. The lowest BCUT2D eigenvalue weighted by Gasteiger charge is -2.10. The zero-order valence-electron chi connectivity index (χ0n) is 9.22. The average molecular weight is 249 g/mol. The minimum Gasteiger partial charge on any atom is -0.320 e. The third-order valence-corrected chi connectivity index (χ3v) is 4.05. The van der Waals surface area contributed by atoms with Crippen molar-refractivity contribution in [3.8, 4) is 0 Å². The minimum atomic E-state index is 0.00641. The van der Waals surface area contributed by atoms with E-state index >= 15 is 0 Å². The Morgan fingerprint density at radius 3 is 2.50 bits per heavy atom. The van der Waals surface area contributed by atoms with Crippen LogP contribution in [0.1, 0.15) is 24.1 Å². The molecule has 0 fully saturated rings. The molecule has 1 unspecified atom stereocenters. The first-order valence-corrected chi connectivity index (χ1v) is 7.24. The second-order valence-electron chi connectivity index (χ2n) is 3.54. The van der Waals surface area contributed by atoms with Gasteiger partial charge < -0.3 is 5.73 Å². The lowest BCUT2D eigenvalue weighted by atomic mass is 10.0. The number of hydrogen-bond acceptors (Lipinski definition) is 3. The summed E-state index contributed by atoms with van der Waals surface area (Å²) >= 11 is 3.54. The fourth-order valence-corrected chi connectivity index (χ4v) is 2.94. The van der Waals surface area contributed by atoms with Crippen molar-refractivity contribution in [3.63, 3.8) is 0 Å². The fourth-order valence-electron chi connectivity index (χ4n) is 1.58. The number of nitrogens with two attached hydrogens (primary N) is 1. The zero-order valence-corrected chi connectivity index (χ0v) is 10.9. The minimum absolute atomic E-state index is 0.00641. The van der Waals surface area contributed by atoms with E-state index in [1.807, 2.05) is 11.8 Å². The molecule has 3 heteroatoms. The van der Waals surface area contributed by atoms with Crippen LogP contribution < -0.4 is 5.73 Å². The first-order valence-electron chi connectivity index (χ1n) is 5.31. The summed E-state index contributed by atoms with van der Waals surface area (Å²) in [5, 5.41) is 4.18. The highest BCUT2D eigenvalue weighted by Gasteiger charge is 2.08. The Morgan fingerprint density at radius 2 is 1.94 bits per heavy atom. The molecule has 1 atom stereocenters. The molecule has 0 aliphatic heterocycles. The molecule has 0 amide bonds. The molecule has 0 radical (unpaired) electrons. The van der Waals surface area contributed by atoms with Crippen LogP contribution >= 0.6 is 23.1 Å². The topological polar surface area (TPSA) is 26.0 Å². The lowest BCUT2D eigenvalue weighted by molar-refractivity contribution is 0.875. The highest BCUT2D eigenvalue weighted by molar-refractivity contribution is 7.99. The summed E-state index contributed by atoms with van der Waals surface area (Å²) in [6.45, 7) is 2.16. The van der Waals surface area contributed by atoms with Gasteiger partial charge in [-0.2, -0.15) is 11.3 Å². The van der Waals surface area contributed by atoms with Crippen molar-refractivity contribution >= 4 is 23.1 Å². The van der Waals surface area contributed by atoms with Gasteiger partial charge in [0.1, 0.15) is 0 Å². The Labute approximate surface area is 105 Å². The molecule has 0 saturated carbocycles. The van der Waals surface area contributed by atoms with E-state index in [9.17, 15) is 0 Å². The monoisotopic (exact) mass is 249 g/mol. The van der Waals surface area contributed by atoms with Gasteiger partial charge in [-0.25, -0.2) is 0 Å². The van der Waals surface area contributed by atoms with Crippen LogP contribution in [0.5, 0.6) is 0 Å². The Balaban J connectivity index is 2.15. The van der Waals surface area contributed by atoms with Gasteiger partial charge in [0.05, 0.1) is 6.04 Å². The van der Waals surface area contributed by atoms with Crippen LogP contribution in [0.25, 0.3) is 0 Å². The SMILES string of the molecule is CCSc1ccc(C(N)c2ccsc2)cc1. The number of thiophene rings is 1. The van der Waals surface area contributed by atoms with E-state index in [4.69, 9.17) is 5.73 Å². The van der Waals surface area contributed by atoms with Gasteiger partial charge in [0, 0.05) is 4.90 Å². The summed E-state index contributed by atoms with van der Waals surface area (Å²) in [5.41, 5.74) is 8.56. The van der Waals surface area contributed by atoms with Crippen LogP contribution in [0.15, 0.2) is 46.0 Å². The van der Waals surface area contributed by atoms with Gasteiger partial charge >= 0.3 is 0 Å². The summed E-state index contributed by atoms with van der Waals surface area (Å²) in [6, 6.07) is 10.6. The summed E-state index contributed by atoms with van der Waals surface area (Å²) in [7, 11) is 0. The molecule has 16 heavy (non-hydrogen) atoms. The van der Waals surface area contributed by atoms with E-state index in [0.29, 0.717) is 0 Å².